The standard InChI is InChI=1S/C12H21N3/c1-10-6-5-7-13-12(10)8-14-11(2)9-15(3)4/h5-7,11,14H,8-9H2,1-4H3. The van der Waals surface area contributed by atoms with Crippen LogP contribution in [0, 0.1) is 6.92 Å². The molecule has 3 nitrogen and oxygen atoms in total. The lowest BCUT2D eigenvalue weighted by Crippen LogP contribution is -2.35. The van der Waals surface area contributed by atoms with E-state index in [1.54, 1.807) is 0 Å². The Hall–Kier alpha value is -0.930. The van der Waals surface area contributed by atoms with E-state index in [4.69, 9.17) is 0 Å². The molecule has 0 spiro atoms. The highest BCUT2D eigenvalue weighted by Crippen LogP contribution is 2.02. The van der Waals surface area contributed by atoms with Crippen LogP contribution in [0.15, 0.2) is 18.3 Å². The van der Waals surface area contributed by atoms with E-state index in [1.165, 1.54) is 5.56 Å². The molecule has 0 aliphatic rings. The average molecular weight is 207 g/mol. The molecule has 0 aliphatic carbocycles. The maximum absolute atomic E-state index is 4.35. The Morgan fingerprint density at radius 2 is 2.20 bits per heavy atom. The van der Waals surface area contributed by atoms with Crippen molar-refractivity contribution in [3.05, 3.63) is 29.6 Å². The minimum absolute atomic E-state index is 0.487. The predicted octanol–water partition coefficient (Wildman–Crippen LogP) is 1.43. The number of rotatable bonds is 5. The molecule has 1 unspecified atom stereocenters. The molecular weight excluding hydrogens is 186 g/mol. The van der Waals surface area contributed by atoms with E-state index in [-0.39, 0.29) is 0 Å². The summed E-state index contributed by atoms with van der Waals surface area (Å²) in [6, 6.07) is 4.56. The van der Waals surface area contributed by atoms with Crippen molar-refractivity contribution in [3.8, 4) is 0 Å². The fourth-order valence-electron chi connectivity index (χ4n) is 1.59. The zero-order chi connectivity index (χ0) is 11.3. The van der Waals surface area contributed by atoms with Crippen LogP contribution in [0.2, 0.25) is 0 Å². The van der Waals surface area contributed by atoms with Gasteiger partial charge in [-0.25, -0.2) is 0 Å². The molecule has 1 N–H and O–H groups in total. The molecule has 1 rings (SSSR count). The van der Waals surface area contributed by atoms with E-state index in [9.17, 15) is 0 Å². The van der Waals surface area contributed by atoms with Crippen molar-refractivity contribution in [2.24, 2.45) is 0 Å². The van der Waals surface area contributed by atoms with E-state index < -0.39 is 0 Å². The molecule has 1 atom stereocenters. The number of aromatic nitrogens is 1. The van der Waals surface area contributed by atoms with E-state index in [2.05, 4.69) is 49.2 Å². The lowest BCUT2D eigenvalue weighted by atomic mass is 10.2. The molecule has 3 heteroatoms. The first-order valence-corrected chi connectivity index (χ1v) is 5.38. The van der Waals surface area contributed by atoms with Gasteiger partial charge in [-0.1, -0.05) is 6.07 Å². The van der Waals surface area contributed by atoms with Crippen LogP contribution in [0.25, 0.3) is 0 Å². The van der Waals surface area contributed by atoms with Crippen molar-refractivity contribution in [1.29, 1.82) is 0 Å². The van der Waals surface area contributed by atoms with Gasteiger partial charge in [0.1, 0.15) is 0 Å². The van der Waals surface area contributed by atoms with Crippen molar-refractivity contribution >= 4 is 0 Å². The molecule has 0 aliphatic heterocycles. The summed E-state index contributed by atoms with van der Waals surface area (Å²) in [4.78, 5) is 6.54. The van der Waals surface area contributed by atoms with Crippen molar-refractivity contribution in [2.75, 3.05) is 20.6 Å². The highest BCUT2D eigenvalue weighted by Gasteiger charge is 2.04. The first-order chi connectivity index (χ1) is 7.09. The lowest BCUT2D eigenvalue weighted by molar-refractivity contribution is 0.348. The van der Waals surface area contributed by atoms with Crippen LogP contribution in [0.1, 0.15) is 18.2 Å². The van der Waals surface area contributed by atoms with E-state index in [1.807, 2.05) is 12.3 Å². The minimum Gasteiger partial charge on any atom is -0.308 e. The average Bonchev–Trinajstić information content (AvgIpc) is 2.15. The summed E-state index contributed by atoms with van der Waals surface area (Å²) >= 11 is 0. The van der Waals surface area contributed by atoms with Gasteiger partial charge in [0.15, 0.2) is 0 Å². The van der Waals surface area contributed by atoms with Crippen LogP contribution in [0.5, 0.6) is 0 Å². The molecule has 15 heavy (non-hydrogen) atoms. The number of hydrogen-bond donors (Lipinski definition) is 1. The quantitative estimate of drug-likeness (QED) is 0.791. The van der Waals surface area contributed by atoms with E-state index in [0.29, 0.717) is 6.04 Å². The van der Waals surface area contributed by atoms with Gasteiger partial charge in [0.25, 0.3) is 0 Å². The molecule has 0 amide bonds. The Morgan fingerprint density at radius 3 is 2.80 bits per heavy atom. The molecular formula is C12H21N3. The fourth-order valence-corrected chi connectivity index (χ4v) is 1.59. The molecule has 0 saturated carbocycles. The Labute approximate surface area is 92.5 Å². The molecule has 1 heterocycles. The normalized spacial score (nSPS) is 13.1. The predicted molar refractivity (Wildman–Crippen MR) is 63.8 cm³/mol. The summed E-state index contributed by atoms with van der Waals surface area (Å²) in [6.45, 7) is 6.19. The molecule has 1 aromatic heterocycles. The number of aryl methyl sites for hydroxylation is 1. The Morgan fingerprint density at radius 1 is 1.47 bits per heavy atom. The van der Waals surface area contributed by atoms with E-state index >= 15 is 0 Å². The summed E-state index contributed by atoms with van der Waals surface area (Å²) in [5, 5.41) is 3.47. The molecule has 0 fully saturated rings. The van der Waals surface area contributed by atoms with Crippen LogP contribution in [-0.4, -0.2) is 36.6 Å². The van der Waals surface area contributed by atoms with Crippen LogP contribution in [-0.2, 0) is 6.54 Å². The van der Waals surface area contributed by atoms with Gasteiger partial charge in [0.05, 0.1) is 5.69 Å². The minimum atomic E-state index is 0.487. The van der Waals surface area contributed by atoms with Crippen LogP contribution in [0.3, 0.4) is 0 Å². The van der Waals surface area contributed by atoms with Gasteiger partial charge in [-0.2, -0.15) is 0 Å². The van der Waals surface area contributed by atoms with Crippen LogP contribution in [0.4, 0.5) is 0 Å². The number of pyridine rings is 1. The van der Waals surface area contributed by atoms with Crippen molar-refractivity contribution < 1.29 is 0 Å². The smallest absolute Gasteiger partial charge is 0.0570 e. The molecule has 0 aromatic carbocycles. The van der Waals surface area contributed by atoms with E-state index in [0.717, 1.165) is 18.8 Å². The molecule has 84 valence electrons. The summed E-state index contributed by atoms with van der Waals surface area (Å²) in [6.07, 6.45) is 1.85. The maximum Gasteiger partial charge on any atom is 0.0570 e. The molecule has 0 radical (unpaired) electrons. The zero-order valence-electron chi connectivity index (χ0n) is 10.1. The second-order valence-electron chi connectivity index (χ2n) is 4.31. The fraction of sp³-hybridized carbons (Fsp3) is 0.583. The zero-order valence-corrected chi connectivity index (χ0v) is 10.1. The summed E-state index contributed by atoms with van der Waals surface area (Å²) < 4.78 is 0. The van der Waals surface area contributed by atoms with Crippen LogP contribution < -0.4 is 5.32 Å². The van der Waals surface area contributed by atoms with Crippen molar-refractivity contribution in [2.45, 2.75) is 26.4 Å². The third-order valence-electron chi connectivity index (χ3n) is 2.37. The second-order valence-corrected chi connectivity index (χ2v) is 4.31. The Balaban J connectivity index is 2.40. The highest BCUT2D eigenvalue weighted by atomic mass is 15.1. The number of nitrogens with one attached hydrogen (secondary N) is 1. The highest BCUT2D eigenvalue weighted by molar-refractivity contribution is 5.17. The van der Waals surface area contributed by atoms with Crippen molar-refractivity contribution in [3.63, 3.8) is 0 Å². The van der Waals surface area contributed by atoms with Gasteiger partial charge in [0.2, 0.25) is 0 Å². The number of nitrogens with zero attached hydrogens (tertiary/aromatic N) is 2. The van der Waals surface area contributed by atoms with Crippen molar-refractivity contribution in [1.82, 2.24) is 15.2 Å². The second kappa shape index (κ2) is 5.83. The number of likely N-dealkylation sites (N-methyl/N-ethyl adjacent to an activating group) is 1. The van der Waals surface area contributed by atoms with Gasteiger partial charge in [-0.3, -0.25) is 4.98 Å². The maximum atomic E-state index is 4.35. The van der Waals surface area contributed by atoms with Gasteiger partial charge >= 0.3 is 0 Å². The van der Waals surface area contributed by atoms with Gasteiger partial charge in [0, 0.05) is 25.3 Å². The Bertz CT molecular complexity index is 297. The SMILES string of the molecule is Cc1cccnc1CNC(C)CN(C)C. The first kappa shape index (κ1) is 12.1. The van der Waals surface area contributed by atoms with Gasteiger partial charge in [-0.05, 0) is 39.6 Å². The largest absolute Gasteiger partial charge is 0.308 e. The van der Waals surface area contributed by atoms with Crippen LogP contribution >= 0.6 is 0 Å². The lowest BCUT2D eigenvalue weighted by Gasteiger charge is -2.18. The summed E-state index contributed by atoms with van der Waals surface area (Å²) in [7, 11) is 4.17. The monoisotopic (exact) mass is 207 g/mol. The third kappa shape index (κ3) is 4.40. The van der Waals surface area contributed by atoms with Gasteiger partial charge in [-0.15, -0.1) is 0 Å². The molecule has 0 saturated heterocycles. The first-order valence-electron chi connectivity index (χ1n) is 5.38. The molecule has 0 bridgehead atoms. The summed E-state index contributed by atoms with van der Waals surface area (Å²) in [5.74, 6) is 0. The molecule has 1 aromatic rings. The third-order valence-corrected chi connectivity index (χ3v) is 2.37. The Kier molecular flexibility index (Phi) is 4.72. The summed E-state index contributed by atoms with van der Waals surface area (Å²) in [5.41, 5.74) is 2.39. The topological polar surface area (TPSA) is 28.2 Å². The van der Waals surface area contributed by atoms with Gasteiger partial charge < -0.3 is 10.2 Å². The number of hydrogen-bond acceptors (Lipinski definition) is 3.